The molecule has 2 aromatic rings. The van der Waals surface area contributed by atoms with Crippen LogP contribution >= 0.6 is 0 Å². The van der Waals surface area contributed by atoms with Crippen molar-refractivity contribution < 1.29 is 13.5 Å². The van der Waals surface area contributed by atoms with Crippen LogP contribution in [-0.4, -0.2) is 6.61 Å². The van der Waals surface area contributed by atoms with Crippen molar-refractivity contribution in [1.82, 2.24) is 0 Å². The first-order valence-corrected chi connectivity index (χ1v) is 6.30. The SMILES string of the molecule is Cc1oc(=O)c2c(c1C)OC/C2=C\c1ccc(F)cc1. The minimum atomic E-state index is -0.394. The van der Waals surface area contributed by atoms with Gasteiger partial charge in [0.25, 0.3) is 0 Å². The Kier molecular flexibility index (Phi) is 2.93. The number of aryl methyl sites for hydroxylation is 1. The topological polar surface area (TPSA) is 39.4 Å². The molecule has 0 bridgehead atoms. The fraction of sp³-hybridized carbons (Fsp3) is 0.188. The first-order valence-electron chi connectivity index (χ1n) is 6.30. The number of halogens is 1. The summed E-state index contributed by atoms with van der Waals surface area (Å²) in [5.41, 5.74) is 2.48. The van der Waals surface area contributed by atoms with Gasteiger partial charge in [-0.2, -0.15) is 0 Å². The van der Waals surface area contributed by atoms with Gasteiger partial charge in [0, 0.05) is 11.1 Å². The normalized spacial score (nSPS) is 15.2. The van der Waals surface area contributed by atoms with Crippen LogP contribution in [0, 0.1) is 19.7 Å². The average Bonchev–Trinajstić information content (AvgIpc) is 2.83. The van der Waals surface area contributed by atoms with Gasteiger partial charge in [-0.05, 0) is 37.6 Å². The third-order valence-electron chi connectivity index (χ3n) is 3.45. The van der Waals surface area contributed by atoms with Crippen molar-refractivity contribution in [3.8, 4) is 5.75 Å². The molecule has 0 amide bonds. The summed E-state index contributed by atoms with van der Waals surface area (Å²) in [6, 6.07) is 6.07. The van der Waals surface area contributed by atoms with E-state index in [0.717, 1.165) is 16.7 Å². The fourth-order valence-electron chi connectivity index (χ4n) is 2.26. The van der Waals surface area contributed by atoms with Gasteiger partial charge < -0.3 is 9.15 Å². The molecule has 0 atom stereocenters. The summed E-state index contributed by atoms with van der Waals surface area (Å²) in [4.78, 5) is 12.0. The molecule has 3 nitrogen and oxygen atoms in total. The highest BCUT2D eigenvalue weighted by Gasteiger charge is 2.26. The molecule has 0 radical (unpaired) electrons. The smallest absolute Gasteiger partial charge is 0.347 e. The number of ether oxygens (including phenoxy) is 1. The van der Waals surface area contributed by atoms with Crippen molar-refractivity contribution in [2.75, 3.05) is 6.61 Å². The zero-order chi connectivity index (χ0) is 14.3. The first-order chi connectivity index (χ1) is 9.56. The van der Waals surface area contributed by atoms with Gasteiger partial charge in [0.2, 0.25) is 0 Å². The van der Waals surface area contributed by atoms with Gasteiger partial charge in [-0.1, -0.05) is 12.1 Å². The van der Waals surface area contributed by atoms with Crippen LogP contribution in [-0.2, 0) is 0 Å². The van der Waals surface area contributed by atoms with Gasteiger partial charge in [-0.15, -0.1) is 0 Å². The number of benzene rings is 1. The van der Waals surface area contributed by atoms with Crippen LogP contribution in [0.5, 0.6) is 5.75 Å². The van der Waals surface area contributed by atoms with Crippen molar-refractivity contribution in [2.24, 2.45) is 0 Å². The summed E-state index contributed by atoms with van der Waals surface area (Å²) < 4.78 is 23.7. The van der Waals surface area contributed by atoms with Crippen LogP contribution < -0.4 is 10.4 Å². The molecule has 3 rings (SSSR count). The molecule has 4 heteroatoms. The third-order valence-corrected chi connectivity index (χ3v) is 3.45. The maximum absolute atomic E-state index is 12.9. The van der Waals surface area contributed by atoms with E-state index in [9.17, 15) is 9.18 Å². The summed E-state index contributed by atoms with van der Waals surface area (Å²) in [6.07, 6.45) is 1.82. The monoisotopic (exact) mass is 272 g/mol. The molecule has 1 aliphatic rings. The van der Waals surface area contributed by atoms with E-state index < -0.39 is 5.63 Å². The average molecular weight is 272 g/mol. The second-order valence-electron chi connectivity index (χ2n) is 4.78. The van der Waals surface area contributed by atoms with Gasteiger partial charge >= 0.3 is 5.63 Å². The van der Waals surface area contributed by atoms with Crippen molar-refractivity contribution in [2.45, 2.75) is 13.8 Å². The molecule has 2 heterocycles. The highest BCUT2D eigenvalue weighted by Crippen LogP contribution is 2.35. The Bertz CT molecular complexity index is 755. The summed E-state index contributed by atoms with van der Waals surface area (Å²) >= 11 is 0. The van der Waals surface area contributed by atoms with Crippen molar-refractivity contribution in [3.63, 3.8) is 0 Å². The lowest BCUT2D eigenvalue weighted by atomic mass is 10.0. The molecule has 1 aliphatic heterocycles. The molecule has 20 heavy (non-hydrogen) atoms. The molecule has 1 aromatic carbocycles. The lowest BCUT2D eigenvalue weighted by Gasteiger charge is -2.03. The first kappa shape index (κ1) is 12.7. The summed E-state index contributed by atoms with van der Waals surface area (Å²) in [5.74, 6) is 0.866. The van der Waals surface area contributed by atoms with Gasteiger partial charge in [0.15, 0.2) is 0 Å². The van der Waals surface area contributed by atoms with Crippen molar-refractivity contribution in [3.05, 3.63) is 63.0 Å². The molecule has 0 spiro atoms. The van der Waals surface area contributed by atoms with Crippen LogP contribution in [0.1, 0.15) is 22.5 Å². The molecule has 0 saturated heterocycles. The Morgan fingerprint density at radius 1 is 1.20 bits per heavy atom. The number of hydrogen-bond acceptors (Lipinski definition) is 3. The van der Waals surface area contributed by atoms with E-state index in [4.69, 9.17) is 9.15 Å². The number of rotatable bonds is 1. The Labute approximate surface area is 115 Å². The predicted molar refractivity (Wildman–Crippen MR) is 74.2 cm³/mol. The van der Waals surface area contributed by atoms with Crippen LogP contribution in [0.2, 0.25) is 0 Å². The van der Waals surface area contributed by atoms with E-state index >= 15 is 0 Å². The Hall–Kier alpha value is -2.36. The Balaban J connectivity index is 2.12. The second-order valence-corrected chi connectivity index (χ2v) is 4.78. The van der Waals surface area contributed by atoms with Gasteiger partial charge in [-0.3, -0.25) is 0 Å². The van der Waals surface area contributed by atoms with Crippen molar-refractivity contribution in [1.29, 1.82) is 0 Å². The highest BCUT2D eigenvalue weighted by molar-refractivity contribution is 5.86. The highest BCUT2D eigenvalue weighted by atomic mass is 19.1. The second kappa shape index (κ2) is 4.63. The molecular weight excluding hydrogens is 259 g/mol. The predicted octanol–water partition coefficient (Wildman–Crippen LogP) is 3.33. The molecule has 0 fully saturated rings. The molecule has 102 valence electrons. The Morgan fingerprint density at radius 2 is 1.90 bits per heavy atom. The largest absolute Gasteiger partial charge is 0.488 e. The third kappa shape index (κ3) is 2.03. The standard InChI is InChI=1S/C16H13FO3/c1-9-10(2)20-16(18)14-12(8-19-15(9)14)7-11-3-5-13(17)6-4-11/h3-7H,8H2,1-2H3/b12-7+. The van der Waals surface area contributed by atoms with Crippen LogP contribution in [0.25, 0.3) is 11.6 Å². The van der Waals surface area contributed by atoms with E-state index in [1.54, 1.807) is 19.1 Å². The van der Waals surface area contributed by atoms with E-state index in [-0.39, 0.29) is 5.82 Å². The van der Waals surface area contributed by atoms with E-state index in [1.807, 2.05) is 13.0 Å². The van der Waals surface area contributed by atoms with E-state index in [2.05, 4.69) is 0 Å². The zero-order valence-electron chi connectivity index (χ0n) is 11.2. The molecule has 1 aromatic heterocycles. The van der Waals surface area contributed by atoms with E-state index in [0.29, 0.717) is 23.7 Å². The maximum atomic E-state index is 12.9. The lowest BCUT2D eigenvalue weighted by molar-refractivity contribution is 0.376. The van der Waals surface area contributed by atoms with E-state index in [1.165, 1.54) is 12.1 Å². The minimum absolute atomic E-state index is 0.291. The summed E-state index contributed by atoms with van der Waals surface area (Å²) in [7, 11) is 0. The molecule has 0 N–H and O–H groups in total. The van der Waals surface area contributed by atoms with Crippen molar-refractivity contribution >= 4 is 11.6 Å². The van der Waals surface area contributed by atoms with Gasteiger partial charge in [-0.25, -0.2) is 9.18 Å². The zero-order valence-corrected chi connectivity index (χ0v) is 11.2. The quantitative estimate of drug-likeness (QED) is 0.799. The number of fused-ring (bicyclic) bond motifs is 1. The van der Waals surface area contributed by atoms with Crippen LogP contribution in [0.4, 0.5) is 4.39 Å². The fourth-order valence-corrected chi connectivity index (χ4v) is 2.26. The van der Waals surface area contributed by atoms with Crippen LogP contribution in [0.3, 0.4) is 0 Å². The molecule has 0 aliphatic carbocycles. The number of hydrogen-bond donors (Lipinski definition) is 0. The van der Waals surface area contributed by atoms with Gasteiger partial charge in [0.05, 0.1) is 0 Å². The maximum Gasteiger partial charge on any atom is 0.347 e. The molecule has 0 saturated carbocycles. The summed E-state index contributed by atoms with van der Waals surface area (Å²) in [6.45, 7) is 3.92. The molecule has 0 unspecified atom stereocenters. The lowest BCUT2D eigenvalue weighted by Crippen LogP contribution is -2.06. The molecular formula is C16H13FO3. The Morgan fingerprint density at radius 3 is 2.60 bits per heavy atom. The summed E-state index contributed by atoms with van der Waals surface area (Å²) in [5, 5.41) is 0. The van der Waals surface area contributed by atoms with Crippen LogP contribution in [0.15, 0.2) is 33.5 Å². The minimum Gasteiger partial charge on any atom is -0.488 e. The van der Waals surface area contributed by atoms with Gasteiger partial charge in [0.1, 0.15) is 29.5 Å².